The summed E-state index contributed by atoms with van der Waals surface area (Å²) in [5.74, 6) is 1.86. The zero-order valence-electron chi connectivity index (χ0n) is 13.8. The molecule has 2 atom stereocenters. The summed E-state index contributed by atoms with van der Waals surface area (Å²) in [5.41, 5.74) is 0.637. The Morgan fingerprint density at radius 2 is 2.04 bits per heavy atom. The number of methoxy groups -OCH3 is 1. The first-order valence-corrected chi connectivity index (χ1v) is 8.30. The van der Waals surface area contributed by atoms with E-state index in [0.717, 1.165) is 19.3 Å². The van der Waals surface area contributed by atoms with Crippen LogP contribution in [0.1, 0.15) is 43.0 Å². The lowest BCUT2D eigenvalue weighted by molar-refractivity contribution is -0.111. The van der Waals surface area contributed by atoms with E-state index in [-0.39, 0.29) is 17.0 Å². The Morgan fingerprint density at radius 1 is 1.33 bits per heavy atom. The fourth-order valence-corrected chi connectivity index (χ4v) is 3.14. The van der Waals surface area contributed by atoms with E-state index in [1.165, 1.54) is 25.7 Å². The van der Waals surface area contributed by atoms with Gasteiger partial charge in [0.1, 0.15) is 5.75 Å². The Kier molecular flexibility index (Phi) is 6.10. The van der Waals surface area contributed by atoms with Gasteiger partial charge in [0.2, 0.25) is 0 Å². The molecule has 2 N–H and O–H groups in total. The number of hydrogen-bond donors (Lipinski definition) is 2. The molecule has 1 aliphatic carbocycles. The summed E-state index contributed by atoms with van der Waals surface area (Å²) in [6.45, 7) is 2.15. The molecule has 0 heterocycles. The third-order valence-electron chi connectivity index (χ3n) is 4.34. The molecule has 0 aromatic heterocycles. The number of terminal acetylenes is 1. The number of halogens is 1. The molecule has 2 unspecified atom stereocenters. The first-order valence-electron chi connectivity index (χ1n) is 7.92. The van der Waals surface area contributed by atoms with Crippen molar-refractivity contribution in [2.45, 2.75) is 38.6 Å². The Morgan fingerprint density at radius 3 is 2.67 bits per heavy atom. The fraction of sp³-hybridized carbons (Fsp3) is 0.444. The maximum Gasteiger partial charge on any atom is 0.300 e. The largest absolute Gasteiger partial charge is 0.496 e. The first-order chi connectivity index (χ1) is 11.5. The molecule has 0 radical (unpaired) electrons. The second-order valence-electron chi connectivity index (χ2n) is 5.97. The van der Waals surface area contributed by atoms with Crippen LogP contribution in [0.3, 0.4) is 0 Å². The number of carbonyl (C=O) groups is 2. The van der Waals surface area contributed by atoms with Gasteiger partial charge >= 0.3 is 0 Å². The van der Waals surface area contributed by atoms with Crippen molar-refractivity contribution in [1.29, 1.82) is 0 Å². The molecule has 128 valence electrons. The average Bonchev–Trinajstić information content (AvgIpc) is 2.58. The number of nitrogens with one attached hydrogen (secondary N) is 2. The quantitative estimate of drug-likeness (QED) is 0.821. The van der Waals surface area contributed by atoms with Crippen LogP contribution in [0.4, 0.5) is 5.69 Å². The minimum absolute atomic E-state index is 0.149. The van der Waals surface area contributed by atoms with Gasteiger partial charge < -0.3 is 15.4 Å². The molecule has 1 aliphatic rings. The summed E-state index contributed by atoms with van der Waals surface area (Å²) in [4.78, 5) is 23.9. The predicted octanol–water partition coefficient (Wildman–Crippen LogP) is 3.23. The van der Waals surface area contributed by atoms with Crippen molar-refractivity contribution in [2.24, 2.45) is 5.92 Å². The zero-order valence-corrected chi connectivity index (χ0v) is 14.6. The van der Waals surface area contributed by atoms with Gasteiger partial charge in [0, 0.05) is 12.1 Å². The number of ether oxygens (including phenoxy) is 1. The normalized spacial score (nSPS) is 19.9. The predicted molar refractivity (Wildman–Crippen MR) is 94.4 cm³/mol. The molecule has 0 spiro atoms. The van der Waals surface area contributed by atoms with Crippen LogP contribution in [0.5, 0.6) is 5.75 Å². The van der Waals surface area contributed by atoms with Crippen LogP contribution in [0, 0.1) is 18.3 Å². The lowest BCUT2D eigenvalue weighted by Crippen LogP contribution is -2.41. The molecule has 2 rings (SSSR count). The van der Waals surface area contributed by atoms with Gasteiger partial charge in [-0.05, 0) is 30.7 Å². The van der Waals surface area contributed by atoms with Crippen LogP contribution in [0.25, 0.3) is 0 Å². The van der Waals surface area contributed by atoms with Crippen LogP contribution in [-0.4, -0.2) is 25.0 Å². The number of rotatable bonds is 4. The average molecular weight is 349 g/mol. The lowest BCUT2D eigenvalue weighted by Gasteiger charge is -2.29. The van der Waals surface area contributed by atoms with Crippen molar-refractivity contribution in [3.05, 3.63) is 22.7 Å². The molecule has 0 aliphatic heterocycles. The maximum atomic E-state index is 12.6. The summed E-state index contributed by atoms with van der Waals surface area (Å²) < 4.78 is 5.27. The second kappa shape index (κ2) is 8.07. The van der Waals surface area contributed by atoms with E-state index >= 15 is 0 Å². The van der Waals surface area contributed by atoms with Gasteiger partial charge in [-0.2, -0.15) is 0 Å². The van der Waals surface area contributed by atoms with Gasteiger partial charge in [-0.25, -0.2) is 0 Å². The maximum absolute atomic E-state index is 12.6. The Bertz CT molecular complexity index is 682. The third kappa shape index (κ3) is 4.21. The van der Waals surface area contributed by atoms with Gasteiger partial charge in [0.05, 0.1) is 23.4 Å². The van der Waals surface area contributed by atoms with Crippen molar-refractivity contribution in [2.75, 3.05) is 12.4 Å². The van der Waals surface area contributed by atoms with Crippen molar-refractivity contribution in [3.63, 3.8) is 0 Å². The molecule has 0 bridgehead atoms. The van der Waals surface area contributed by atoms with Gasteiger partial charge in [-0.1, -0.05) is 31.4 Å². The van der Waals surface area contributed by atoms with Crippen LogP contribution in [0.15, 0.2) is 12.1 Å². The molecule has 2 amide bonds. The standard InChI is InChI=1S/C18H21ClN2O3/c1-4-17(22)20-15-10-16(24-3)12(9-13(15)19)18(23)21-14-8-6-5-7-11(14)2/h1,9-11,14H,5-8H2,2-3H3,(H,20,22)(H,21,23). The minimum Gasteiger partial charge on any atom is -0.496 e. The molecule has 1 saturated carbocycles. The van der Waals surface area contributed by atoms with E-state index in [4.69, 9.17) is 22.8 Å². The zero-order chi connectivity index (χ0) is 17.7. The van der Waals surface area contributed by atoms with Crippen molar-refractivity contribution < 1.29 is 14.3 Å². The summed E-state index contributed by atoms with van der Waals surface area (Å²) in [6.07, 6.45) is 9.43. The Balaban J connectivity index is 2.22. The van der Waals surface area contributed by atoms with E-state index in [1.54, 1.807) is 0 Å². The van der Waals surface area contributed by atoms with Gasteiger partial charge in [-0.15, -0.1) is 6.42 Å². The van der Waals surface area contributed by atoms with E-state index < -0.39 is 5.91 Å². The van der Waals surface area contributed by atoms with Gasteiger partial charge in [0.15, 0.2) is 0 Å². The van der Waals surface area contributed by atoms with Crippen LogP contribution >= 0.6 is 11.6 Å². The van der Waals surface area contributed by atoms with E-state index in [0.29, 0.717) is 22.9 Å². The fourth-order valence-electron chi connectivity index (χ4n) is 2.93. The highest BCUT2D eigenvalue weighted by atomic mass is 35.5. The second-order valence-corrected chi connectivity index (χ2v) is 6.38. The molecule has 24 heavy (non-hydrogen) atoms. The molecule has 0 saturated heterocycles. The number of amides is 2. The van der Waals surface area contributed by atoms with E-state index in [9.17, 15) is 9.59 Å². The molecule has 6 heteroatoms. The van der Waals surface area contributed by atoms with Crippen LogP contribution in [0.2, 0.25) is 5.02 Å². The number of anilines is 1. The molecule has 1 aromatic carbocycles. The van der Waals surface area contributed by atoms with E-state index in [1.807, 2.05) is 5.92 Å². The highest BCUT2D eigenvalue weighted by molar-refractivity contribution is 6.34. The highest BCUT2D eigenvalue weighted by Gasteiger charge is 2.25. The number of carbonyl (C=O) groups excluding carboxylic acids is 2. The first kappa shape index (κ1) is 18.2. The van der Waals surface area contributed by atoms with Gasteiger partial charge in [-0.3, -0.25) is 9.59 Å². The molecular weight excluding hydrogens is 328 g/mol. The topological polar surface area (TPSA) is 67.4 Å². The summed E-state index contributed by atoms with van der Waals surface area (Å²) in [5, 5.41) is 5.75. The Labute approximate surface area is 147 Å². The summed E-state index contributed by atoms with van der Waals surface area (Å²) >= 11 is 6.16. The van der Waals surface area contributed by atoms with Crippen molar-refractivity contribution in [1.82, 2.24) is 5.32 Å². The molecular formula is C18H21ClN2O3. The minimum atomic E-state index is -0.618. The van der Waals surface area contributed by atoms with Gasteiger partial charge in [0.25, 0.3) is 11.8 Å². The van der Waals surface area contributed by atoms with Crippen molar-refractivity contribution >= 4 is 29.1 Å². The van der Waals surface area contributed by atoms with Crippen molar-refractivity contribution in [3.8, 4) is 18.1 Å². The summed E-state index contributed by atoms with van der Waals surface area (Å²) in [6, 6.07) is 3.13. The monoisotopic (exact) mass is 348 g/mol. The SMILES string of the molecule is C#CC(=O)Nc1cc(OC)c(C(=O)NC2CCCCC2C)cc1Cl. The third-order valence-corrected chi connectivity index (χ3v) is 4.65. The van der Waals surface area contributed by atoms with Crippen LogP contribution < -0.4 is 15.4 Å². The number of hydrogen-bond acceptors (Lipinski definition) is 3. The Hall–Kier alpha value is -2.19. The smallest absolute Gasteiger partial charge is 0.300 e. The van der Waals surface area contributed by atoms with E-state index in [2.05, 4.69) is 17.6 Å². The lowest BCUT2D eigenvalue weighted by atomic mass is 9.86. The molecule has 5 nitrogen and oxygen atoms in total. The summed E-state index contributed by atoms with van der Waals surface area (Å²) in [7, 11) is 1.45. The number of benzene rings is 1. The molecule has 1 fully saturated rings. The molecule has 1 aromatic rings. The van der Waals surface area contributed by atoms with Crippen LogP contribution in [-0.2, 0) is 4.79 Å². The highest BCUT2D eigenvalue weighted by Crippen LogP contribution is 2.32.